The highest BCUT2D eigenvalue weighted by Gasteiger charge is 2.28. The molecule has 7 nitrogen and oxygen atoms in total. The third-order valence-corrected chi connectivity index (χ3v) is 4.03. The fourth-order valence-corrected chi connectivity index (χ4v) is 2.65. The maximum Gasteiger partial charge on any atom is 0.329 e. The van der Waals surface area contributed by atoms with Gasteiger partial charge in [-0.2, -0.15) is 0 Å². The predicted octanol–water partition coefficient (Wildman–Crippen LogP) is 2.37. The lowest BCUT2D eigenvalue weighted by Crippen LogP contribution is -2.46. The average Bonchev–Trinajstić information content (AvgIpc) is 2.66. The van der Waals surface area contributed by atoms with Crippen LogP contribution in [0.1, 0.15) is 19.8 Å². The van der Waals surface area contributed by atoms with Crippen molar-refractivity contribution in [3.63, 3.8) is 0 Å². The molecule has 0 aliphatic carbocycles. The van der Waals surface area contributed by atoms with Crippen molar-refractivity contribution in [2.75, 3.05) is 54.7 Å². The number of esters is 1. The maximum absolute atomic E-state index is 12.9. The van der Waals surface area contributed by atoms with E-state index in [-0.39, 0.29) is 5.97 Å². The highest BCUT2D eigenvalue weighted by Crippen LogP contribution is 2.37. The van der Waals surface area contributed by atoms with Gasteiger partial charge in [0.25, 0.3) is 0 Å². The Bertz CT molecular complexity index is 507. The number of hydrogen-bond donors (Lipinski definition) is 0. The van der Waals surface area contributed by atoms with Crippen LogP contribution in [0.4, 0.5) is 0 Å². The van der Waals surface area contributed by atoms with Crippen LogP contribution in [0, 0.1) is 0 Å². The second-order valence-electron chi connectivity index (χ2n) is 5.74. The zero-order chi connectivity index (χ0) is 19.4. The molecule has 0 saturated heterocycles. The molecule has 0 saturated carbocycles. The van der Waals surface area contributed by atoms with Crippen molar-refractivity contribution in [1.29, 1.82) is 0 Å². The van der Waals surface area contributed by atoms with Crippen molar-refractivity contribution < 1.29 is 28.5 Å². The van der Waals surface area contributed by atoms with Crippen molar-refractivity contribution in [3.05, 3.63) is 18.2 Å². The van der Waals surface area contributed by atoms with Gasteiger partial charge in [0.15, 0.2) is 11.5 Å². The summed E-state index contributed by atoms with van der Waals surface area (Å²) in [7, 11) is 6.33. The number of ether oxygens (including phenoxy) is 5. The quantitative estimate of drug-likeness (QED) is 0.391. The Hall–Kier alpha value is -1.83. The summed E-state index contributed by atoms with van der Waals surface area (Å²) in [6, 6.07) is 4.84. The molecule has 0 fully saturated rings. The van der Waals surface area contributed by atoms with Gasteiger partial charge in [-0.15, -0.1) is 0 Å². The number of carbonyl (C=O) groups excluding carboxylic acids is 1. The van der Waals surface area contributed by atoms with Gasteiger partial charge in [-0.3, -0.25) is 4.90 Å². The van der Waals surface area contributed by atoms with Crippen LogP contribution in [0.25, 0.3) is 0 Å². The normalized spacial score (nSPS) is 12.1. The summed E-state index contributed by atoms with van der Waals surface area (Å²) in [6.07, 6.45) is 1.52. The Morgan fingerprint density at radius 2 is 1.54 bits per heavy atom. The second kappa shape index (κ2) is 12.5. The van der Waals surface area contributed by atoms with Crippen molar-refractivity contribution in [1.82, 2.24) is 4.90 Å². The molecule has 0 aromatic heterocycles. The Morgan fingerprint density at radius 1 is 1.00 bits per heavy atom. The highest BCUT2D eigenvalue weighted by molar-refractivity contribution is 5.79. The number of benzene rings is 1. The van der Waals surface area contributed by atoms with Crippen LogP contribution in [0.15, 0.2) is 18.2 Å². The molecule has 1 aromatic rings. The molecule has 1 aromatic carbocycles. The molecule has 148 valence electrons. The van der Waals surface area contributed by atoms with Gasteiger partial charge in [0.2, 0.25) is 5.75 Å². The van der Waals surface area contributed by atoms with Crippen LogP contribution in [0.3, 0.4) is 0 Å². The minimum atomic E-state index is -0.403. The second-order valence-corrected chi connectivity index (χ2v) is 5.74. The van der Waals surface area contributed by atoms with E-state index in [1.165, 1.54) is 14.2 Å². The van der Waals surface area contributed by atoms with E-state index in [2.05, 4.69) is 0 Å². The van der Waals surface area contributed by atoms with E-state index in [0.29, 0.717) is 50.0 Å². The maximum atomic E-state index is 12.9. The van der Waals surface area contributed by atoms with Crippen molar-refractivity contribution in [2.45, 2.75) is 25.8 Å². The summed E-state index contributed by atoms with van der Waals surface area (Å²) in [6.45, 7) is 4.31. The van der Waals surface area contributed by atoms with E-state index in [1.807, 2.05) is 11.8 Å². The molecular formula is C19H31NO6. The zero-order valence-electron chi connectivity index (χ0n) is 16.4. The number of rotatable bonds is 13. The van der Waals surface area contributed by atoms with Crippen molar-refractivity contribution in [3.8, 4) is 17.2 Å². The first-order chi connectivity index (χ1) is 12.6. The Kier molecular flexibility index (Phi) is 10.7. The Morgan fingerprint density at radius 3 is 1.96 bits per heavy atom. The fraction of sp³-hybridized carbons (Fsp3) is 0.632. The van der Waals surface area contributed by atoms with E-state index in [1.54, 1.807) is 32.4 Å². The molecule has 1 atom stereocenters. The van der Waals surface area contributed by atoms with Gasteiger partial charge in [-0.25, -0.2) is 4.79 Å². The van der Waals surface area contributed by atoms with Crippen LogP contribution in [-0.4, -0.2) is 71.7 Å². The Balaban J connectivity index is 3.02. The molecule has 0 aliphatic heterocycles. The van der Waals surface area contributed by atoms with Gasteiger partial charge in [0.1, 0.15) is 6.04 Å². The molecule has 7 heteroatoms. The van der Waals surface area contributed by atoms with Crippen molar-refractivity contribution in [2.24, 2.45) is 0 Å². The number of hydrogen-bond acceptors (Lipinski definition) is 7. The standard InChI is InChI=1S/C19H31NO6/c1-6-8-15(20(11-13-22-2)12-14-23-3)19(21)26-18-16(24-4)9-7-10-17(18)25-5/h7,9-10,15H,6,8,11-14H2,1-5H3/t15-/m0/s1. The van der Waals surface area contributed by atoms with E-state index < -0.39 is 6.04 Å². The predicted molar refractivity (Wildman–Crippen MR) is 99.2 cm³/mol. The molecule has 26 heavy (non-hydrogen) atoms. The summed E-state index contributed by atoms with van der Waals surface area (Å²) in [5.74, 6) is 0.852. The third kappa shape index (κ3) is 6.48. The third-order valence-electron chi connectivity index (χ3n) is 4.03. The molecule has 0 aliphatic rings. The topological polar surface area (TPSA) is 66.5 Å². The zero-order valence-corrected chi connectivity index (χ0v) is 16.4. The SMILES string of the molecule is CCC[C@@H](C(=O)Oc1c(OC)cccc1OC)N(CCOC)CCOC. The molecule has 0 unspecified atom stereocenters. The number of carbonyl (C=O) groups is 1. The molecule has 0 bridgehead atoms. The molecular weight excluding hydrogens is 338 g/mol. The highest BCUT2D eigenvalue weighted by atomic mass is 16.6. The molecule has 0 N–H and O–H groups in total. The molecule has 1 rings (SSSR count). The van der Waals surface area contributed by atoms with Gasteiger partial charge in [0, 0.05) is 27.3 Å². The van der Waals surface area contributed by atoms with Gasteiger partial charge >= 0.3 is 5.97 Å². The summed E-state index contributed by atoms with van der Waals surface area (Å²) in [5.41, 5.74) is 0. The first-order valence-corrected chi connectivity index (χ1v) is 8.77. The lowest BCUT2D eigenvalue weighted by Gasteiger charge is -2.29. The van der Waals surface area contributed by atoms with Crippen LogP contribution in [0.5, 0.6) is 17.2 Å². The van der Waals surface area contributed by atoms with Crippen LogP contribution < -0.4 is 14.2 Å². The lowest BCUT2D eigenvalue weighted by atomic mass is 10.1. The lowest BCUT2D eigenvalue weighted by molar-refractivity contribution is -0.141. The monoisotopic (exact) mass is 369 g/mol. The summed E-state index contributed by atoms with van der Waals surface area (Å²) in [4.78, 5) is 15.0. The first-order valence-electron chi connectivity index (χ1n) is 8.77. The van der Waals surface area contributed by atoms with Crippen molar-refractivity contribution >= 4 is 5.97 Å². The number of nitrogens with zero attached hydrogens (tertiary/aromatic N) is 1. The van der Waals surface area contributed by atoms with Gasteiger partial charge < -0.3 is 23.7 Å². The van der Waals surface area contributed by atoms with Crippen LogP contribution in [-0.2, 0) is 14.3 Å². The number of methoxy groups -OCH3 is 4. The minimum Gasteiger partial charge on any atom is -0.493 e. The summed E-state index contributed by atoms with van der Waals surface area (Å²) < 4.78 is 26.7. The summed E-state index contributed by atoms with van der Waals surface area (Å²) in [5, 5.41) is 0. The van der Waals surface area contributed by atoms with E-state index in [4.69, 9.17) is 23.7 Å². The van der Waals surface area contributed by atoms with Gasteiger partial charge in [0.05, 0.1) is 27.4 Å². The smallest absolute Gasteiger partial charge is 0.329 e. The van der Waals surface area contributed by atoms with Gasteiger partial charge in [-0.05, 0) is 18.6 Å². The van der Waals surface area contributed by atoms with Gasteiger partial charge in [-0.1, -0.05) is 19.4 Å². The molecule has 0 heterocycles. The molecule has 0 radical (unpaired) electrons. The number of para-hydroxylation sites is 1. The van der Waals surface area contributed by atoms with Crippen LogP contribution in [0.2, 0.25) is 0 Å². The molecule has 0 spiro atoms. The van der Waals surface area contributed by atoms with E-state index in [0.717, 1.165) is 6.42 Å². The fourth-order valence-electron chi connectivity index (χ4n) is 2.65. The van der Waals surface area contributed by atoms with Crippen LogP contribution >= 0.6 is 0 Å². The average molecular weight is 369 g/mol. The molecule has 0 amide bonds. The largest absolute Gasteiger partial charge is 0.493 e. The van der Waals surface area contributed by atoms with E-state index in [9.17, 15) is 4.79 Å². The Labute approximate surface area is 156 Å². The van der Waals surface area contributed by atoms with E-state index >= 15 is 0 Å². The first kappa shape index (κ1) is 22.2. The summed E-state index contributed by atoms with van der Waals surface area (Å²) >= 11 is 0. The minimum absolute atomic E-state index is 0.294.